The number of hydrogen-bond donors (Lipinski definition) is 1. The van der Waals surface area contributed by atoms with E-state index in [4.69, 9.17) is 0 Å². The maximum absolute atomic E-state index is 12.8. The molecular formula is C18H26N2O. The fraction of sp³-hybridized carbons (Fsp3) is 0.611. The molecule has 0 aromatic heterocycles. The van der Waals surface area contributed by atoms with E-state index in [1.165, 1.54) is 29.5 Å². The van der Waals surface area contributed by atoms with Crippen LogP contribution in [-0.4, -0.2) is 29.9 Å². The first-order chi connectivity index (χ1) is 10.1. The third kappa shape index (κ3) is 3.13. The quantitative estimate of drug-likeness (QED) is 0.902. The molecule has 0 radical (unpaired) electrons. The Bertz CT molecular complexity index is 532. The Hall–Kier alpha value is -1.35. The van der Waals surface area contributed by atoms with Crippen molar-refractivity contribution in [1.29, 1.82) is 0 Å². The Labute approximate surface area is 127 Å². The molecule has 2 aliphatic rings. The van der Waals surface area contributed by atoms with Crippen LogP contribution in [0, 0.1) is 25.7 Å². The second-order valence-corrected chi connectivity index (χ2v) is 6.82. The minimum Gasteiger partial charge on any atom is -0.335 e. The molecule has 1 saturated heterocycles. The van der Waals surface area contributed by atoms with Gasteiger partial charge in [0, 0.05) is 18.5 Å². The molecule has 1 aromatic rings. The molecule has 2 fully saturated rings. The average Bonchev–Trinajstić information content (AvgIpc) is 3.21. The van der Waals surface area contributed by atoms with Gasteiger partial charge in [-0.3, -0.25) is 4.79 Å². The summed E-state index contributed by atoms with van der Waals surface area (Å²) < 4.78 is 0. The van der Waals surface area contributed by atoms with Gasteiger partial charge in [-0.05, 0) is 62.4 Å². The van der Waals surface area contributed by atoms with Crippen molar-refractivity contribution in [2.45, 2.75) is 46.2 Å². The van der Waals surface area contributed by atoms with Crippen molar-refractivity contribution >= 4 is 5.91 Å². The van der Waals surface area contributed by atoms with Crippen molar-refractivity contribution in [2.75, 3.05) is 13.1 Å². The van der Waals surface area contributed by atoms with Crippen LogP contribution in [0.1, 0.15) is 36.5 Å². The maximum atomic E-state index is 12.8. The van der Waals surface area contributed by atoms with Crippen LogP contribution in [0.3, 0.4) is 0 Å². The van der Waals surface area contributed by atoms with Gasteiger partial charge in [0.1, 0.15) is 0 Å². The van der Waals surface area contributed by atoms with Gasteiger partial charge < -0.3 is 10.2 Å². The molecule has 3 nitrogen and oxygen atoms in total. The number of nitrogens with one attached hydrogen (secondary N) is 1. The van der Waals surface area contributed by atoms with E-state index in [9.17, 15) is 4.79 Å². The van der Waals surface area contributed by atoms with Gasteiger partial charge in [0.15, 0.2) is 0 Å². The second kappa shape index (κ2) is 5.80. The number of carbonyl (C=O) groups is 1. The highest BCUT2D eigenvalue weighted by molar-refractivity contribution is 5.79. The van der Waals surface area contributed by atoms with Gasteiger partial charge in [-0.15, -0.1) is 0 Å². The summed E-state index contributed by atoms with van der Waals surface area (Å²) in [5, 5.41) is 3.27. The molecule has 1 amide bonds. The molecule has 1 unspecified atom stereocenters. The van der Waals surface area contributed by atoms with Crippen molar-refractivity contribution < 1.29 is 4.79 Å². The van der Waals surface area contributed by atoms with E-state index < -0.39 is 0 Å². The minimum atomic E-state index is 0.151. The molecule has 1 aromatic carbocycles. The van der Waals surface area contributed by atoms with Crippen molar-refractivity contribution in [2.24, 2.45) is 11.8 Å². The lowest BCUT2D eigenvalue weighted by Crippen LogP contribution is -2.50. The lowest BCUT2D eigenvalue weighted by atomic mass is 9.87. The number of rotatable bonds is 5. The molecule has 1 N–H and O–H groups in total. The van der Waals surface area contributed by atoms with Crippen LogP contribution in [-0.2, 0) is 11.3 Å². The molecular weight excluding hydrogens is 260 g/mol. The molecule has 0 spiro atoms. The first kappa shape index (κ1) is 14.6. The molecule has 3 heteroatoms. The van der Waals surface area contributed by atoms with E-state index in [2.05, 4.69) is 49.2 Å². The molecule has 1 saturated carbocycles. The Kier molecular flexibility index (Phi) is 4.03. The number of hydrogen-bond acceptors (Lipinski definition) is 2. The van der Waals surface area contributed by atoms with Crippen molar-refractivity contribution in [3.63, 3.8) is 0 Å². The van der Waals surface area contributed by atoms with E-state index in [1.54, 1.807) is 0 Å². The predicted molar refractivity (Wildman–Crippen MR) is 85.0 cm³/mol. The van der Waals surface area contributed by atoms with Gasteiger partial charge in [0.05, 0.1) is 0 Å². The van der Waals surface area contributed by atoms with Crippen molar-refractivity contribution in [3.8, 4) is 0 Å². The van der Waals surface area contributed by atoms with Gasteiger partial charge in [-0.1, -0.05) is 25.1 Å². The van der Waals surface area contributed by atoms with E-state index in [-0.39, 0.29) is 5.92 Å². The van der Waals surface area contributed by atoms with Crippen LogP contribution >= 0.6 is 0 Å². The van der Waals surface area contributed by atoms with Crippen LogP contribution in [0.2, 0.25) is 0 Å². The number of benzene rings is 1. The zero-order valence-corrected chi connectivity index (χ0v) is 13.4. The summed E-state index contributed by atoms with van der Waals surface area (Å²) in [4.78, 5) is 14.9. The van der Waals surface area contributed by atoms with Crippen LogP contribution < -0.4 is 5.32 Å². The summed E-state index contributed by atoms with van der Waals surface area (Å²) in [5.41, 5.74) is 3.89. The van der Waals surface area contributed by atoms with E-state index in [0.717, 1.165) is 19.6 Å². The van der Waals surface area contributed by atoms with E-state index in [1.807, 2.05) is 0 Å². The molecule has 1 heterocycles. The van der Waals surface area contributed by atoms with Crippen LogP contribution in [0.15, 0.2) is 18.2 Å². The highest BCUT2D eigenvalue weighted by atomic mass is 16.2. The summed E-state index contributed by atoms with van der Waals surface area (Å²) in [5.74, 6) is 1.03. The minimum absolute atomic E-state index is 0.151. The number of carbonyl (C=O) groups excluding carboxylic acids is 1. The highest BCUT2D eigenvalue weighted by Gasteiger charge is 2.38. The van der Waals surface area contributed by atoms with Gasteiger partial charge in [-0.25, -0.2) is 0 Å². The first-order valence-corrected chi connectivity index (χ1v) is 8.13. The van der Waals surface area contributed by atoms with E-state index in [0.29, 0.717) is 17.9 Å². The maximum Gasteiger partial charge on any atom is 0.226 e. The third-order valence-electron chi connectivity index (χ3n) is 5.10. The summed E-state index contributed by atoms with van der Waals surface area (Å²) in [6.45, 7) is 9.14. The largest absolute Gasteiger partial charge is 0.335 e. The number of nitrogens with zero attached hydrogens (tertiary/aromatic N) is 1. The van der Waals surface area contributed by atoms with Gasteiger partial charge in [0.25, 0.3) is 0 Å². The lowest BCUT2D eigenvalue weighted by Gasteiger charge is -2.35. The average molecular weight is 286 g/mol. The SMILES string of the molecule is Cc1ccc(CN(C(=O)C(C)C2CNC2)C2CC2)cc1C. The standard InChI is InChI=1S/C18H26N2O/c1-12-4-5-15(8-13(12)2)11-20(17-6-7-17)18(21)14(3)16-9-19-10-16/h4-5,8,14,16-17,19H,6-7,9-11H2,1-3H3. The summed E-state index contributed by atoms with van der Waals surface area (Å²) >= 11 is 0. The molecule has 0 bridgehead atoms. The summed E-state index contributed by atoms with van der Waals surface area (Å²) in [7, 11) is 0. The smallest absolute Gasteiger partial charge is 0.226 e. The fourth-order valence-corrected chi connectivity index (χ4v) is 3.00. The number of amides is 1. The Morgan fingerprint density at radius 3 is 2.52 bits per heavy atom. The topological polar surface area (TPSA) is 32.3 Å². The highest BCUT2D eigenvalue weighted by Crippen LogP contribution is 2.31. The lowest BCUT2D eigenvalue weighted by molar-refractivity contribution is -0.138. The Balaban J connectivity index is 1.71. The summed E-state index contributed by atoms with van der Waals surface area (Å²) in [6, 6.07) is 7.04. The predicted octanol–water partition coefficient (Wildman–Crippen LogP) is 2.65. The monoisotopic (exact) mass is 286 g/mol. The molecule has 1 aliphatic heterocycles. The Morgan fingerprint density at radius 2 is 2.00 bits per heavy atom. The van der Waals surface area contributed by atoms with Crippen LogP contribution in [0.4, 0.5) is 0 Å². The zero-order valence-electron chi connectivity index (χ0n) is 13.4. The molecule has 1 atom stereocenters. The van der Waals surface area contributed by atoms with Gasteiger partial charge in [0.2, 0.25) is 5.91 Å². The van der Waals surface area contributed by atoms with Gasteiger partial charge >= 0.3 is 0 Å². The van der Waals surface area contributed by atoms with Crippen molar-refractivity contribution in [3.05, 3.63) is 34.9 Å². The van der Waals surface area contributed by atoms with E-state index >= 15 is 0 Å². The number of aryl methyl sites for hydroxylation is 2. The normalized spacial score (nSPS) is 20.0. The van der Waals surface area contributed by atoms with Crippen LogP contribution in [0.5, 0.6) is 0 Å². The molecule has 114 valence electrons. The molecule has 3 rings (SSSR count). The molecule has 21 heavy (non-hydrogen) atoms. The zero-order chi connectivity index (χ0) is 15.0. The second-order valence-electron chi connectivity index (χ2n) is 6.82. The summed E-state index contributed by atoms with van der Waals surface area (Å²) in [6.07, 6.45) is 2.35. The third-order valence-corrected chi connectivity index (χ3v) is 5.10. The van der Waals surface area contributed by atoms with Crippen LogP contribution in [0.25, 0.3) is 0 Å². The first-order valence-electron chi connectivity index (χ1n) is 8.13. The van der Waals surface area contributed by atoms with Crippen molar-refractivity contribution in [1.82, 2.24) is 10.2 Å². The fourth-order valence-electron chi connectivity index (χ4n) is 3.00. The van der Waals surface area contributed by atoms with Gasteiger partial charge in [-0.2, -0.15) is 0 Å². The Morgan fingerprint density at radius 1 is 1.29 bits per heavy atom. The molecule has 1 aliphatic carbocycles.